The van der Waals surface area contributed by atoms with Gasteiger partial charge in [0.1, 0.15) is 11.6 Å². The lowest BCUT2D eigenvalue weighted by molar-refractivity contribution is -0.0498. The van der Waals surface area contributed by atoms with Crippen LogP contribution >= 0.6 is 35.6 Å². The number of hydrogen-bond acceptors (Lipinski definition) is 4. The number of aromatic nitrogens is 1. The van der Waals surface area contributed by atoms with E-state index in [-0.39, 0.29) is 35.8 Å². The third kappa shape index (κ3) is 7.12. The van der Waals surface area contributed by atoms with Crippen LogP contribution in [0.3, 0.4) is 0 Å². The van der Waals surface area contributed by atoms with Gasteiger partial charge in [0, 0.05) is 31.9 Å². The molecule has 0 saturated carbocycles. The van der Waals surface area contributed by atoms with Gasteiger partial charge in [-0.3, -0.25) is 0 Å². The molecule has 2 N–H and O–H groups in total. The van der Waals surface area contributed by atoms with E-state index in [1.165, 1.54) is 6.07 Å². The maximum Gasteiger partial charge on any atom is 0.387 e. The summed E-state index contributed by atoms with van der Waals surface area (Å²) < 4.78 is 29.2. The molecule has 3 rings (SSSR count). The molecule has 0 bridgehead atoms. The van der Waals surface area contributed by atoms with Crippen LogP contribution in [0.2, 0.25) is 5.02 Å². The van der Waals surface area contributed by atoms with Gasteiger partial charge in [-0.1, -0.05) is 23.7 Å². The zero-order valence-electron chi connectivity index (χ0n) is 16.5. The fourth-order valence-corrected chi connectivity index (χ4v) is 3.43. The molecule has 1 saturated heterocycles. The largest absolute Gasteiger partial charge is 0.435 e. The summed E-state index contributed by atoms with van der Waals surface area (Å²) in [4.78, 5) is 11.1. The van der Waals surface area contributed by atoms with Crippen LogP contribution in [-0.4, -0.2) is 43.2 Å². The zero-order valence-corrected chi connectivity index (χ0v) is 19.6. The van der Waals surface area contributed by atoms with Crippen molar-refractivity contribution in [3.63, 3.8) is 0 Å². The van der Waals surface area contributed by atoms with Crippen LogP contribution in [0.25, 0.3) is 0 Å². The first-order valence-corrected chi connectivity index (χ1v) is 9.87. The molecule has 164 valence electrons. The number of benzene rings is 1. The summed E-state index contributed by atoms with van der Waals surface area (Å²) >= 11 is 6.25. The molecule has 6 nitrogen and oxygen atoms in total. The molecule has 1 aromatic heterocycles. The maximum absolute atomic E-state index is 12.4. The summed E-state index contributed by atoms with van der Waals surface area (Å²) in [5.74, 6) is 1.59. The van der Waals surface area contributed by atoms with Crippen LogP contribution in [0.5, 0.6) is 5.75 Å². The number of nitrogens with zero attached hydrogens (tertiary/aromatic N) is 3. The molecule has 10 heteroatoms. The molecule has 2 heterocycles. The molecule has 1 aliphatic heterocycles. The molecule has 1 aromatic carbocycles. The van der Waals surface area contributed by atoms with Crippen molar-refractivity contribution < 1.29 is 13.5 Å². The zero-order chi connectivity index (χ0) is 20.6. The Morgan fingerprint density at radius 3 is 2.93 bits per heavy atom. The van der Waals surface area contributed by atoms with Crippen LogP contribution in [0.1, 0.15) is 18.9 Å². The maximum atomic E-state index is 12.4. The Balaban J connectivity index is 0.00000320. The Bertz CT molecular complexity index is 842. The smallest absolute Gasteiger partial charge is 0.387 e. The van der Waals surface area contributed by atoms with Gasteiger partial charge in [-0.2, -0.15) is 8.78 Å². The number of hydrogen-bond donors (Lipinski definition) is 2. The molecule has 0 aliphatic carbocycles. The Labute approximate surface area is 197 Å². The number of alkyl halides is 2. The number of nitrogens with one attached hydrogen (secondary N) is 2. The third-order valence-electron chi connectivity index (χ3n) is 4.46. The molecule has 30 heavy (non-hydrogen) atoms. The van der Waals surface area contributed by atoms with Crippen molar-refractivity contribution in [2.45, 2.75) is 32.5 Å². The second kappa shape index (κ2) is 12.1. The SMILES string of the molecule is CCNC(=NCc1cccc(OC(F)F)c1)NC1CCN(c2ncccc2Cl)C1.I. The number of rotatable bonds is 7. The van der Waals surface area contributed by atoms with Gasteiger partial charge < -0.3 is 20.3 Å². The first kappa shape index (κ1) is 24.4. The third-order valence-corrected chi connectivity index (χ3v) is 4.75. The lowest BCUT2D eigenvalue weighted by Crippen LogP contribution is -2.44. The second-order valence-corrected chi connectivity index (χ2v) is 7.01. The van der Waals surface area contributed by atoms with E-state index in [4.69, 9.17) is 11.6 Å². The predicted octanol–water partition coefficient (Wildman–Crippen LogP) is 4.29. The van der Waals surface area contributed by atoms with Gasteiger partial charge in [0.05, 0.1) is 11.6 Å². The highest BCUT2D eigenvalue weighted by atomic mass is 127. The van der Waals surface area contributed by atoms with Crippen LogP contribution < -0.4 is 20.3 Å². The fourth-order valence-electron chi connectivity index (χ4n) is 3.18. The van der Waals surface area contributed by atoms with E-state index in [9.17, 15) is 8.78 Å². The van der Waals surface area contributed by atoms with E-state index in [0.29, 0.717) is 24.1 Å². The topological polar surface area (TPSA) is 61.8 Å². The number of anilines is 1. The Kier molecular flexibility index (Phi) is 9.83. The molecule has 1 unspecified atom stereocenters. The normalized spacial score (nSPS) is 16.4. The summed E-state index contributed by atoms with van der Waals surface area (Å²) in [6.07, 6.45) is 2.66. The number of aliphatic imine (C=N–C) groups is 1. The second-order valence-electron chi connectivity index (χ2n) is 6.61. The van der Waals surface area contributed by atoms with Crippen molar-refractivity contribution >= 4 is 47.4 Å². The lowest BCUT2D eigenvalue weighted by atomic mass is 10.2. The Hall–Kier alpha value is -1.88. The average molecular weight is 552 g/mol. The highest BCUT2D eigenvalue weighted by molar-refractivity contribution is 14.0. The number of pyridine rings is 1. The standard InChI is InChI=1S/C20H24ClF2N5O.HI/c1-2-24-20(26-12-14-5-3-6-16(11-14)29-19(22)23)27-15-8-10-28(13-15)18-17(21)7-4-9-25-18;/h3-7,9,11,15,19H,2,8,10,12-13H2,1H3,(H2,24,26,27);1H. The van der Waals surface area contributed by atoms with Crippen LogP contribution in [0.4, 0.5) is 14.6 Å². The van der Waals surface area contributed by atoms with E-state index in [0.717, 1.165) is 30.9 Å². The number of ether oxygens (including phenoxy) is 1. The highest BCUT2D eigenvalue weighted by Gasteiger charge is 2.25. The fraction of sp³-hybridized carbons (Fsp3) is 0.400. The minimum absolute atomic E-state index is 0. The summed E-state index contributed by atoms with van der Waals surface area (Å²) in [5, 5.41) is 7.29. The van der Waals surface area contributed by atoms with E-state index in [1.54, 1.807) is 18.3 Å². The van der Waals surface area contributed by atoms with Gasteiger partial charge in [-0.05, 0) is 43.2 Å². The first-order chi connectivity index (χ1) is 14.0. The minimum atomic E-state index is -2.84. The van der Waals surface area contributed by atoms with Crippen molar-refractivity contribution in [1.29, 1.82) is 0 Å². The Morgan fingerprint density at radius 1 is 1.37 bits per heavy atom. The van der Waals surface area contributed by atoms with Gasteiger partial charge in [-0.15, -0.1) is 24.0 Å². The van der Waals surface area contributed by atoms with Gasteiger partial charge >= 0.3 is 6.61 Å². The van der Waals surface area contributed by atoms with Crippen molar-refractivity contribution in [2.24, 2.45) is 4.99 Å². The van der Waals surface area contributed by atoms with Crippen LogP contribution in [0.15, 0.2) is 47.6 Å². The number of guanidine groups is 1. The minimum Gasteiger partial charge on any atom is -0.435 e. The molecule has 2 aromatic rings. The van der Waals surface area contributed by atoms with E-state index in [1.807, 2.05) is 25.1 Å². The van der Waals surface area contributed by atoms with Crippen LogP contribution in [0, 0.1) is 0 Å². The lowest BCUT2D eigenvalue weighted by Gasteiger charge is -2.20. The first-order valence-electron chi connectivity index (χ1n) is 9.49. The molecule has 1 fully saturated rings. The van der Waals surface area contributed by atoms with Crippen molar-refractivity contribution in [2.75, 3.05) is 24.5 Å². The molecular formula is C20H25ClF2IN5O. The summed E-state index contributed by atoms with van der Waals surface area (Å²) in [5.41, 5.74) is 0.786. The average Bonchev–Trinajstić information content (AvgIpc) is 3.15. The van der Waals surface area contributed by atoms with Crippen molar-refractivity contribution in [1.82, 2.24) is 15.6 Å². The van der Waals surface area contributed by atoms with Crippen molar-refractivity contribution in [3.8, 4) is 5.75 Å². The van der Waals surface area contributed by atoms with Gasteiger partial charge in [0.2, 0.25) is 0 Å². The predicted molar refractivity (Wildman–Crippen MR) is 126 cm³/mol. The van der Waals surface area contributed by atoms with E-state index in [2.05, 4.69) is 30.2 Å². The molecule has 0 spiro atoms. The Morgan fingerprint density at radius 2 is 2.20 bits per heavy atom. The monoisotopic (exact) mass is 551 g/mol. The summed E-state index contributed by atoms with van der Waals surface area (Å²) in [7, 11) is 0. The van der Waals surface area contributed by atoms with Gasteiger partial charge in [-0.25, -0.2) is 9.98 Å². The quantitative estimate of drug-likeness (QED) is 0.306. The van der Waals surface area contributed by atoms with Gasteiger partial charge in [0.15, 0.2) is 5.96 Å². The molecule has 0 amide bonds. The molecule has 0 radical (unpaired) electrons. The molecular weight excluding hydrogens is 527 g/mol. The van der Waals surface area contributed by atoms with Gasteiger partial charge in [0.25, 0.3) is 0 Å². The molecule has 1 atom stereocenters. The van der Waals surface area contributed by atoms with Crippen molar-refractivity contribution in [3.05, 3.63) is 53.2 Å². The number of halogens is 4. The molecule has 1 aliphatic rings. The summed E-state index contributed by atoms with van der Waals surface area (Å²) in [6, 6.07) is 10.4. The van der Waals surface area contributed by atoms with Crippen LogP contribution in [-0.2, 0) is 6.54 Å². The van der Waals surface area contributed by atoms with E-state index < -0.39 is 6.61 Å². The summed E-state index contributed by atoms with van der Waals surface area (Å²) in [6.45, 7) is 1.81. The van der Waals surface area contributed by atoms with E-state index >= 15 is 0 Å². The highest BCUT2D eigenvalue weighted by Crippen LogP contribution is 2.25.